The van der Waals surface area contributed by atoms with Crippen molar-refractivity contribution in [1.82, 2.24) is 10.2 Å². The molecule has 0 radical (unpaired) electrons. The smallest absolute Gasteiger partial charge is 0.246 e. The fourth-order valence-corrected chi connectivity index (χ4v) is 3.11. The topological polar surface area (TPSA) is 70.7 Å². The second kappa shape index (κ2) is 10.5. The molecule has 0 aliphatic carbocycles. The second-order valence-corrected chi connectivity index (χ2v) is 6.52. The van der Waals surface area contributed by atoms with Crippen LogP contribution in [0, 0.1) is 6.92 Å². The van der Waals surface area contributed by atoms with Gasteiger partial charge >= 0.3 is 0 Å². The molecule has 0 heterocycles. The highest BCUT2D eigenvalue weighted by molar-refractivity contribution is 5.97. The highest BCUT2D eigenvalue weighted by Gasteiger charge is 2.28. The lowest BCUT2D eigenvalue weighted by Gasteiger charge is -2.29. The van der Waals surface area contributed by atoms with E-state index in [2.05, 4.69) is 10.6 Å². The lowest BCUT2D eigenvalue weighted by atomic mass is 10.0. The fraction of sp³-hybridized carbons (Fsp3) is 0.364. The van der Waals surface area contributed by atoms with Gasteiger partial charge in [-0.25, -0.2) is 0 Å². The first-order valence-corrected chi connectivity index (χ1v) is 9.51. The number of carbonyl (C=O) groups is 2. The summed E-state index contributed by atoms with van der Waals surface area (Å²) in [5.41, 5.74) is 2.46. The van der Waals surface area contributed by atoms with Gasteiger partial charge in [0.1, 0.15) is 11.8 Å². The van der Waals surface area contributed by atoms with E-state index in [0.29, 0.717) is 24.5 Å². The Morgan fingerprint density at radius 3 is 2.43 bits per heavy atom. The molecule has 0 saturated carbocycles. The van der Waals surface area contributed by atoms with Crippen molar-refractivity contribution in [2.45, 2.75) is 26.8 Å². The number of hydrogen-bond donors (Lipinski definition) is 2. The van der Waals surface area contributed by atoms with Crippen molar-refractivity contribution < 1.29 is 14.3 Å². The third-order valence-corrected chi connectivity index (χ3v) is 4.47. The van der Waals surface area contributed by atoms with Gasteiger partial charge in [0, 0.05) is 6.54 Å². The minimum Gasteiger partial charge on any atom is -0.495 e. The highest BCUT2D eigenvalue weighted by atomic mass is 16.5. The van der Waals surface area contributed by atoms with E-state index in [9.17, 15) is 9.59 Å². The first kappa shape index (κ1) is 21.4. The van der Waals surface area contributed by atoms with E-state index in [1.807, 2.05) is 74.2 Å². The molecule has 150 valence electrons. The van der Waals surface area contributed by atoms with Gasteiger partial charge in [0.05, 0.1) is 19.3 Å². The fourth-order valence-electron chi connectivity index (χ4n) is 3.11. The third kappa shape index (κ3) is 5.57. The zero-order valence-electron chi connectivity index (χ0n) is 17.0. The molecular weight excluding hydrogens is 354 g/mol. The Kier molecular flexibility index (Phi) is 8.02. The van der Waals surface area contributed by atoms with E-state index in [1.165, 1.54) is 0 Å². The van der Waals surface area contributed by atoms with Gasteiger partial charge in [0.25, 0.3) is 0 Å². The number of hydrogen-bond acceptors (Lipinski definition) is 4. The summed E-state index contributed by atoms with van der Waals surface area (Å²) in [6, 6.07) is 14.5. The molecule has 28 heavy (non-hydrogen) atoms. The van der Waals surface area contributed by atoms with E-state index in [0.717, 1.165) is 11.1 Å². The monoisotopic (exact) mass is 383 g/mol. The molecule has 6 heteroatoms. The Labute approximate surface area is 166 Å². The number of anilines is 1. The SMILES string of the molecule is CCNC(=O)CN(CC)[C@H](C(=O)Nc1cc(C)ccc1OC)c1ccccc1. The van der Waals surface area contributed by atoms with Crippen LogP contribution < -0.4 is 15.4 Å². The summed E-state index contributed by atoms with van der Waals surface area (Å²) >= 11 is 0. The maximum atomic E-state index is 13.3. The van der Waals surface area contributed by atoms with Gasteiger partial charge in [-0.05, 0) is 43.7 Å². The van der Waals surface area contributed by atoms with E-state index in [-0.39, 0.29) is 18.4 Å². The first-order valence-electron chi connectivity index (χ1n) is 9.51. The van der Waals surface area contributed by atoms with Crippen LogP contribution in [-0.2, 0) is 9.59 Å². The molecule has 2 aromatic rings. The van der Waals surface area contributed by atoms with E-state index < -0.39 is 6.04 Å². The molecule has 2 aromatic carbocycles. The van der Waals surface area contributed by atoms with Crippen molar-refractivity contribution in [3.8, 4) is 5.75 Å². The summed E-state index contributed by atoms with van der Waals surface area (Å²) in [5, 5.41) is 5.78. The molecule has 0 aromatic heterocycles. The van der Waals surface area contributed by atoms with Crippen molar-refractivity contribution in [3.05, 3.63) is 59.7 Å². The van der Waals surface area contributed by atoms with Crippen molar-refractivity contribution in [2.24, 2.45) is 0 Å². The zero-order chi connectivity index (χ0) is 20.5. The standard InChI is InChI=1S/C22H29N3O3/c1-5-23-20(26)15-25(6-2)21(17-10-8-7-9-11-17)22(27)24-18-14-16(3)12-13-19(18)28-4/h7-14,21H,5-6,15H2,1-4H3,(H,23,26)(H,24,27)/t21-/m0/s1. The number of nitrogens with zero attached hydrogens (tertiary/aromatic N) is 1. The lowest BCUT2D eigenvalue weighted by molar-refractivity contribution is -0.126. The second-order valence-electron chi connectivity index (χ2n) is 6.52. The molecule has 2 amide bonds. The van der Waals surface area contributed by atoms with Crippen LogP contribution in [0.2, 0.25) is 0 Å². The van der Waals surface area contributed by atoms with Crippen LogP contribution in [0.4, 0.5) is 5.69 Å². The van der Waals surface area contributed by atoms with Crippen molar-refractivity contribution >= 4 is 17.5 Å². The average molecular weight is 383 g/mol. The first-order chi connectivity index (χ1) is 13.5. The van der Waals surface area contributed by atoms with Crippen LogP contribution in [-0.4, -0.2) is 43.5 Å². The van der Waals surface area contributed by atoms with Gasteiger partial charge < -0.3 is 15.4 Å². The summed E-state index contributed by atoms with van der Waals surface area (Å²) < 4.78 is 5.38. The van der Waals surface area contributed by atoms with Crippen LogP contribution >= 0.6 is 0 Å². The number of aryl methyl sites for hydroxylation is 1. The van der Waals surface area contributed by atoms with Crippen molar-refractivity contribution in [2.75, 3.05) is 32.1 Å². The molecule has 0 fully saturated rings. The summed E-state index contributed by atoms with van der Waals surface area (Å²) in [6.45, 7) is 7.02. The molecule has 0 aliphatic rings. The molecule has 6 nitrogen and oxygen atoms in total. The molecule has 2 N–H and O–H groups in total. The minimum atomic E-state index is -0.598. The number of amides is 2. The van der Waals surface area contributed by atoms with Gasteiger partial charge in [-0.3, -0.25) is 14.5 Å². The van der Waals surface area contributed by atoms with Crippen molar-refractivity contribution in [3.63, 3.8) is 0 Å². The van der Waals surface area contributed by atoms with E-state index in [1.54, 1.807) is 7.11 Å². The van der Waals surface area contributed by atoms with E-state index in [4.69, 9.17) is 4.74 Å². The summed E-state index contributed by atoms with van der Waals surface area (Å²) in [7, 11) is 1.57. The molecular formula is C22H29N3O3. The number of carbonyl (C=O) groups excluding carboxylic acids is 2. The van der Waals surface area contributed by atoms with Crippen LogP contribution in [0.15, 0.2) is 48.5 Å². The maximum Gasteiger partial charge on any atom is 0.246 e. The van der Waals surface area contributed by atoms with Crippen LogP contribution in [0.5, 0.6) is 5.75 Å². The summed E-state index contributed by atoms with van der Waals surface area (Å²) in [4.78, 5) is 27.3. The van der Waals surface area contributed by atoms with Crippen LogP contribution in [0.25, 0.3) is 0 Å². The lowest BCUT2D eigenvalue weighted by Crippen LogP contribution is -2.43. The van der Waals surface area contributed by atoms with Gasteiger partial charge in [0.2, 0.25) is 11.8 Å². The number of nitrogens with one attached hydrogen (secondary N) is 2. The average Bonchev–Trinajstić information content (AvgIpc) is 2.68. The largest absolute Gasteiger partial charge is 0.495 e. The van der Waals surface area contributed by atoms with Crippen LogP contribution in [0.3, 0.4) is 0 Å². The molecule has 0 aliphatic heterocycles. The quantitative estimate of drug-likeness (QED) is 0.698. The number of ether oxygens (including phenoxy) is 1. The number of benzene rings is 2. The Bertz CT molecular complexity index is 793. The van der Waals surface area contributed by atoms with Gasteiger partial charge in [-0.1, -0.05) is 43.3 Å². The predicted molar refractivity (Wildman–Crippen MR) is 111 cm³/mol. The van der Waals surface area contributed by atoms with Crippen molar-refractivity contribution in [1.29, 1.82) is 0 Å². The molecule has 0 unspecified atom stereocenters. The number of likely N-dealkylation sites (N-methyl/N-ethyl adjacent to an activating group) is 2. The minimum absolute atomic E-state index is 0.105. The van der Waals surface area contributed by atoms with E-state index >= 15 is 0 Å². The van der Waals surface area contributed by atoms with Crippen LogP contribution in [0.1, 0.15) is 31.0 Å². The Balaban J connectivity index is 2.34. The number of methoxy groups -OCH3 is 1. The predicted octanol–water partition coefficient (Wildman–Crippen LogP) is 3.14. The zero-order valence-corrected chi connectivity index (χ0v) is 17.0. The Morgan fingerprint density at radius 1 is 1.11 bits per heavy atom. The number of rotatable bonds is 9. The maximum absolute atomic E-state index is 13.3. The molecule has 0 bridgehead atoms. The molecule has 1 atom stereocenters. The normalized spacial score (nSPS) is 11.8. The third-order valence-electron chi connectivity index (χ3n) is 4.47. The Morgan fingerprint density at radius 2 is 1.82 bits per heavy atom. The highest BCUT2D eigenvalue weighted by Crippen LogP contribution is 2.28. The van der Waals surface area contributed by atoms with Gasteiger partial charge in [-0.15, -0.1) is 0 Å². The van der Waals surface area contributed by atoms with Gasteiger partial charge in [0.15, 0.2) is 0 Å². The molecule has 2 rings (SSSR count). The summed E-state index contributed by atoms with van der Waals surface area (Å²) in [6.07, 6.45) is 0. The Hall–Kier alpha value is -2.86. The molecule has 0 saturated heterocycles. The van der Waals surface area contributed by atoms with Gasteiger partial charge in [-0.2, -0.15) is 0 Å². The molecule has 0 spiro atoms. The summed E-state index contributed by atoms with van der Waals surface area (Å²) in [5.74, 6) is 0.282.